The number of carbonyl (C=O) groups excluding carboxylic acids is 1. The van der Waals surface area contributed by atoms with Gasteiger partial charge in [0.15, 0.2) is 0 Å². The summed E-state index contributed by atoms with van der Waals surface area (Å²) in [6.45, 7) is 6.65. The molecule has 1 aliphatic rings. The highest BCUT2D eigenvalue weighted by Crippen LogP contribution is 2.24. The highest BCUT2D eigenvalue weighted by atomic mass is 35.5. The van der Waals surface area contributed by atoms with Crippen molar-refractivity contribution >= 4 is 29.1 Å². The van der Waals surface area contributed by atoms with Crippen molar-refractivity contribution in [2.45, 2.75) is 19.4 Å². The number of hydrogen-bond acceptors (Lipinski definition) is 2. The summed E-state index contributed by atoms with van der Waals surface area (Å²) in [5.74, 6) is 0.159. The molecule has 21 heavy (non-hydrogen) atoms. The lowest BCUT2D eigenvalue weighted by Gasteiger charge is -2.32. The van der Waals surface area contributed by atoms with Crippen LogP contribution in [0.15, 0.2) is 30.9 Å². The topological polar surface area (TPSA) is 32.3 Å². The van der Waals surface area contributed by atoms with E-state index >= 15 is 0 Å². The first kappa shape index (κ1) is 16.3. The Morgan fingerprint density at radius 3 is 3.00 bits per heavy atom. The van der Waals surface area contributed by atoms with Crippen LogP contribution >= 0.6 is 23.2 Å². The molecule has 1 heterocycles. The van der Waals surface area contributed by atoms with Gasteiger partial charge < -0.3 is 5.32 Å². The Labute approximate surface area is 135 Å². The van der Waals surface area contributed by atoms with Crippen LogP contribution in [0.4, 0.5) is 0 Å². The van der Waals surface area contributed by atoms with Crippen LogP contribution in [-0.4, -0.2) is 30.4 Å². The minimum Gasteiger partial charge on any atom is -0.352 e. The highest BCUT2D eigenvalue weighted by molar-refractivity contribution is 6.35. The van der Waals surface area contributed by atoms with Crippen LogP contribution in [0.2, 0.25) is 10.0 Å². The molecule has 0 aromatic heterocycles. The summed E-state index contributed by atoms with van der Waals surface area (Å²) in [5.41, 5.74) is 1.05. The molecule has 1 aromatic carbocycles. The van der Waals surface area contributed by atoms with Crippen LogP contribution in [0, 0.1) is 5.92 Å². The molecule has 1 N–H and O–H groups in total. The molecular formula is C16H20Cl2N2O. The summed E-state index contributed by atoms with van der Waals surface area (Å²) in [5, 5.41) is 4.20. The van der Waals surface area contributed by atoms with Gasteiger partial charge in [-0.2, -0.15) is 0 Å². The monoisotopic (exact) mass is 326 g/mol. The molecule has 0 bridgehead atoms. The Hall–Kier alpha value is -1.03. The van der Waals surface area contributed by atoms with E-state index in [-0.39, 0.29) is 11.8 Å². The number of rotatable bonds is 5. The molecular weight excluding hydrogens is 307 g/mol. The van der Waals surface area contributed by atoms with Crippen molar-refractivity contribution in [2.75, 3.05) is 19.6 Å². The SMILES string of the molecule is C=CCNC(=O)[C@H]1CCCN(Cc2ccc(Cl)cc2Cl)C1. The van der Waals surface area contributed by atoms with Gasteiger partial charge in [-0.25, -0.2) is 0 Å². The molecule has 0 aliphatic carbocycles. The van der Waals surface area contributed by atoms with Crippen LogP contribution in [0.1, 0.15) is 18.4 Å². The third-order valence-electron chi connectivity index (χ3n) is 3.71. The number of piperidine rings is 1. The molecule has 0 spiro atoms. The molecule has 2 rings (SSSR count). The summed E-state index contributed by atoms with van der Waals surface area (Å²) < 4.78 is 0. The van der Waals surface area contributed by atoms with Crippen molar-refractivity contribution in [1.82, 2.24) is 10.2 Å². The molecule has 3 nitrogen and oxygen atoms in total. The summed E-state index contributed by atoms with van der Waals surface area (Å²) in [6.07, 6.45) is 3.66. The second kappa shape index (κ2) is 7.83. The second-order valence-corrected chi connectivity index (χ2v) is 6.19. The fourth-order valence-electron chi connectivity index (χ4n) is 2.62. The van der Waals surface area contributed by atoms with Crippen molar-refractivity contribution < 1.29 is 4.79 Å². The first-order valence-corrected chi connectivity index (χ1v) is 7.90. The van der Waals surface area contributed by atoms with E-state index in [4.69, 9.17) is 23.2 Å². The van der Waals surface area contributed by atoms with E-state index in [2.05, 4.69) is 16.8 Å². The predicted molar refractivity (Wildman–Crippen MR) is 87.7 cm³/mol. The maximum atomic E-state index is 12.0. The normalized spacial score (nSPS) is 19.2. The molecule has 0 unspecified atom stereocenters. The summed E-state index contributed by atoms with van der Waals surface area (Å²) in [6, 6.07) is 5.56. The van der Waals surface area contributed by atoms with Crippen molar-refractivity contribution in [1.29, 1.82) is 0 Å². The quantitative estimate of drug-likeness (QED) is 0.840. The zero-order chi connectivity index (χ0) is 15.2. The molecule has 1 fully saturated rings. The van der Waals surface area contributed by atoms with E-state index in [1.165, 1.54) is 0 Å². The van der Waals surface area contributed by atoms with Crippen LogP contribution in [0.3, 0.4) is 0 Å². The molecule has 5 heteroatoms. The number of likely N-dealkylation sites (tertiary alicyclic amines) is 1. The molecule has 114 valence electrons. The van der Waals surface area contributed by atoms with Gasteiger partial charge in [0, 0.05) is 29.7 Å². The van der Waals surface area contributed by atoms with Crippen molar-refractivity contribution in [3.05, 3.63) is 46.5 Å². The fraction of sp³-hybridized carbons (Fsp3) is 0.438. The van der Waals surface area contributed by atoms with Gasteiger partial charge in [-0.15, -0.1) is 6.58 Å². The van der Waals surface area contributed by atoms with Gasteiger partial charge >= 0.3 is 0 Å². The highest BCUT2D eigenvalue weighted by Gasteiger charge is 2.25. The van der Waals surface area contributed by atoms with Gasteiger partial charge in [0.1, 0.15) is 0 Å². The van der Waals surface area contributed by atoms with E-state index < -0.39 is 0 Å². The summed E-state index contributed by atoms with van der Waals surface area (Å²) >= 11 is 12.1. The van der Waals surface area contributed by atoms with Crippen molar-refractivity contribution in [3.63, 3.8) is 0 Å². The maximum Gasteiger partial charge on any atom is 0.224 e. The predicted octanol–water partition coefficient (Wildman–Crippen LogP) is 3.51. The second-order valence-electron chi connectivity index (χ2n) is 5.34. The van der Waals surface area contributed by atoms with E-state index in [9.17, 15) is 4.79 Å². The first-order chi connectivity index (χ1) is 10.1. The zero-order valence-electron chi connectivity index (χ0n) is 11.9. The van der Waals surface area contributed by atoms with E-state index in [0.29, 0.717) is 16.6 Å². The van der Waals surface area contributed by atoms with E-state index in [1.54, 1.807) is 12.1 Å². The number of carbonyl (C=O) groups is 1. The van der Waals surface area contributed by atoms with Crippen LogP contribution < -0.4 is 5.32 Å². The van der Waals surface area contributed by atoms with E-state index in [0.717, 1.165) is 38.0 Å². The van der Waals surface area contributed by atoms with Gasteiger partial charge in [0.25, 0.3) is 0 Å². The Morgan fingerprint density at radius 1 is 1.48 bits per heavy atom. The molecule has 1 amide bonds. The third-order valence-corrected chi connectivity index (χ3v) is 4.29. The molecule has 1 aliphatic heterocycles. The summed E-state index contributed by atoms with van der Waals surface area (Å²) in [4.78, 5) is 14.3. The van der Waals surface area contributed by atoms with Gasteiger partial charge in [-0.3, -0.25) is 9.69 Å². The van der Waals surface area contributed by atoms with Gasteiger partial charge in [-0.1, -0.05) is 35.3 Å². The lowest BCUT2D eigenvalue weighted by Crippen LogP contribution is -2.42. The number of halogens is 2. The van der Waals surface area contributed by atoms with Gasteiger partial charge in [0.2, 0.25) is 5.91 Å². The maximum absolute atomic E-state index is 12.0. The Balaban J connectivity index is 1.94. The standard InChI is InChI=1S/C16H20Cl2N2O/c1-2-7-19-16(21)13-4-3-8-20(11-13)10-12-5-6-14(17)9-15(12)18/h2,5-6,9,13H,1,3-4,7-8,10-11H2,(H,19,21)/t13-/m0/s1. The van der Waals surface area contributed by atoms with Gasteiger partial charge in [0.05, 0.1) is 5.92 Å². The lowest BCUT2D eigenvalue weighted by molar-refractivity contribution is -0.126. The fourth-order valence-corrected chi connectivity index (χ4v) is 3.09. The minimum atomic E-state index is 0.0461. The number of amides is 1. The van der Waals surface area contributed by atoms with Crippen LogP contribution in [0.25, 0.3) is 0 Å². The number of nitrogens with zero attached hydrogens (tertiary/aromatic N) is 1. The smallest absolute Gasteiger partial charge is 0.224 e. The number of nitrogens with one attached hydrogen (secondary N) is 1. The van der Waals surface area contributed by atoms with Crippen LogP contribution in [0.5, 0.6) is 0 Å². The van der Waals surface area contributed by atoms with Gasteiger partial charge in [-0.05, 0) is 37.1 Å². The van der Waals surface area contributed by atoms with Crippen molar-refractivity contribution in [3.8, 4) is 0 Å². The minimum absolute atomic E-state index is 0.0461. The third kappa shape index (κ3) is 4.73. The summed E-state index contributed by atoms with van der Waals surface area (Å²) in [7, 11) is 0. The molecule has 1 atom stereocenters. The van der Waals surface area contributed by atoms with Crippen molar-refractivity contribution in [2.24, 2.45) is 5.92 Å². The first-order valence-electron chi connectivity index (χ1n) is 7.15. The molecule has 0 radical (unpaired) electrons. The largest absolute Gasteiger partial charge is 0.352 e. The number of benzene rings is 1. The average Bonchev–Trinajstić information content (AvgIpc) is 2.48. The lowest BCUT2D eigenvalue weighted by atomic mass is 9.96. The Bertz CT molecular complexity index is 519. The van der Waals surface area contributed by atoms with Crippen LogP contribution in [-0.2, 0) is 11.3 Å². The number of hydrogen-bond donors (Lipinski definition) is 1. The Morgan fingerprint density at radius 2 is 2.29 bits per heavy atom. The Kier molecular flexibility index (Phi) is 6.09. The van der Waals surface area contributed by atoms with E-state index in [1.807, 2.05) is 12.1 Å². The average molecular weight is 327 g/mol. The molecule has 1 saturated heterocycles. The zero-order valence-corrected chi connectivity index (χ0v) is 13.5. The molecule has 0 saturated carbocycles. The molecule has 1 aromatic rings.